The number of carbonyl (C=O) groups excluding carboxylic acids is 1. The van der Waals surface area contributed by atoms with Gasteiger partial charge in [0.25, 0.3) is 5.89 Å². The Hall–Kier alpha value is -2.83. The van der Waals surface area contributed by atoms with Gasteiger partial charge in [0.2, 0.25) is 11.8 Å². The smallest absolute Gasteiger partial charge is 0.251 e. The zero-order valence-electron chi connectivity index (χ0n) is 13.9. The van der Waals surface area contributed by atoms with Crippen LogP contribution in [0.3, 0.4) is 0 Å². The molecule has 3 heterocycles. The molecule has 1 amide bonds. The zero-order chi connectivity index (χ0) is 17.1. The molecule has 24 heavy (non-hydrogen) atoms. The van der Waals surface area contributed by atoms with E-state index < -0.39 is 0 Å². The molecule has 0 aliphatic rings. The van der Waals surface area contributed by atoms with Crippen LogP contribution in [0.25, 0.3) is 11.5 Å². The Morgan fingerprint density at radius 1 is 1.08 bits per heavy atom. The van der Waals surface area contributed by atoms with Gasteiger partial charge in [-0.05, 0) is 39.0 Å². The lowest BCUT2D eigenvalue weighted by Crippen LogP contribution is -2.22. The van der Waals surface area contributed by atoms with Gasteiger partial charge in [0.1, 0.15) is 23.0 Å². The van der Waals surface area contributed by atoms with E-state index in [1.54, 1.807) is 0 Å². The lowest BCUT2D eigenvalue weighted by atomic mass is 10.2. The fraction of sp³-hybridized carbons (Fsp3) is 0.353. The van der Waals surface area contributed by atoms with Gasteiger partial charge in [-0.15, -0.1) is 10.2 Å². The van der Waals surface area contributed by atoms with Gasteiger partial charge in [-0.1, -0.05) is 0 Å². The van der Waals surface area contributed by atoms with Crippen LogP contribution in [0.15, 0.2) is 31.5 Å². The number of aromatic nitrogens is 2. The van der Waals surface area contributed by atoms with Crippen molar-refractivity contribution in [1.29, 1.82) is 0 Å². The Labute approximate surface area is 139 Å². The number of hydrogen-bond donors (Lipinski definition) is 1. The van der Waals surface area contributed by atoms with E-state index in [-0.39, 0.29) is 12.3 Å². The fourth-order valence-corrected chi connectivity index (χ4v) is 2.38. The van der Waals surface area contributed by atoms with E-state index in [1.807, 2.05) is 39.0 Å². The quantitative estimate of drug-likeness (QED) is 0.747. The minimum atomic E-state index is -0.0980. The third-order valence-electron chi connectivity index (χ3n) is 3.56. The molecule has 0 saturated carbocycles. The van der Waals surface area contributed by atoms with E-state index in [0.717, 1.165) is 28.6 Å². The number of furan rings is 2. The van der Waals surface area contributed by atoms with Crippen LogP contribution in [0.1, 0.15) is 35.4 Å². The molecule has 0 aliphatic carbocycles. The molecule has 0 radical (unpaired) electrons. The van der Waals surface area contributed by atoms with Crippen LogP contribution >= 0.6 is 0 Å². The van der Waals surface area contributed by atoms with Crippen LogP contribution in [0.2, 0.25) is 0 Å². The Morgan fingerprint density at radius 3 is 2.58 bits per heavy atom. The van der Waals surface area contributed by atoms with Crippen molar-refractivity contribution >= 4 is 5.91 Å². The minimum absolute atomic E-state index is 0.0980. The number of carbonyl (C=O) groups is 1. The highest BCUT2D eigenvalue weighted by Crippen LogP contribution is 2.25. The van der Waals surface area contributed by atoms with Crippen LogP contribution in [0.4, 0.5) is 0 Å². The summed E-state index contributed by atoms with van der Waals surface area (Å²) in [6.07, 6.45) is 0.649. The normalized spacial score (nSPS) is 11.0. The summed E-state index contributed by atoms with van der Waals surface area (Å²) >= 11 is 0. The summed E-state index contributed by atoms with van der Waals surface area (Å²) < 4.78 is 16.4. The van der Waals surface area contributed by atoms with Crippen LogP contribution in [-0.2, 0) is 17.8 Å². The van der Waals surface area contributed by atoms with E-state index in [2.05, 4.69) is 15.5 Å². The second-order valence-electron chi connectivity index (χ2n) is 5.62. The van der Waals surface area contributed by atoms with Crippen LogP contribution in [0, 0.1) is 20.8 Å². The predicted octanol–water partition coefficient (Wildman–Crippen LogP) is 3.10. The average molecular weight is 329 g/mol. The van der Waals surface area contributed by atoms with E-state index in [1.165, 1.54) is 0 Å². The van der Waals surface area contributed by atoms with Gasteiger partial charge >= 0.3 is 0 Å². The molecule has 0 atom stereocenters. The first kappa shape index (κ1) is 16.0. The Morgan fingerprint density at radius 2 is 1.92 bits per heavy atom. The third-order valence-corrected chi connectivity index (χ3v) is 3.56. The molecule has 7 heteroatoms. The maximum absolute atomic E-state index is 11.9. The van der Waals surface area contributed by atoms with Crippen molar-refractivity contribution in [2.75, 3.05) is 0 Å². The summed E-state index contributed by atoms with van der Waals surface area (Å²) in [5.41, 5.74) is 0.781. The van der Waals surface area contributed by atoms with Gasteiger partial charge in [-0.2, -0.15) is 0 Å². The van der Waals surface area contributed by atoms with Crippen LogP contribution < -0.4 is 5.32 Å². The van der Waals surface area contributed by atoms with Crippen molar-refractivity contribution in [3.8, 4) is 11.5 Å². The fourth-order valence-electron chi connectivity index (χ4n) is 2.38. The Balaban J connectivity index is 1.51. The van der Waals surface area contributed by atoms with Gasteiger partial charge in [-0.25, -0.2) is 0 Å². The van der Waals surface area contributed by atoms with Gasteiger partial charge in [0.05, 0.1) is 12.1 Å². The van der Waals surface area contributed by atoms with Crippen molar-refractivity contribution < 1.29 is 18.0 Å². The summed E-state index contributed by atoms with van der Waals surface area (Å²) in [6.45, 7) is 5.94. The molecule has 0 bridgehead atoms. The summed E-state index contributed by atoms with van der Waals surface area (Å²) in [5, 5.41) is 10.8. The average Bonchev–Trinajstić information content (AvgIpc) is 3.23. The molecule has 7 nitrogen and oxygen atoms in total. The van der Waals surface area contributed by atoms with Crippen molar-refractivity contribution in [1.82, 2.24) is 15.5 Å². The first-order chi connectivity index (χ1) is 11.5. The molecule has 0 unspecified atom stereocenters. The minimum Gasteiger partial charge on any atom is -0.466 e. The maximum atomic E-state index is 11.9. The molecule has 1 N–H and O–H groups in total. The molecule has 0 aliphatic heterocycles. The van der Waals surface area contributed by atoms with Crippen LogP contribution in [-0.4, -0.2) is 16.1 Å². The van der Waals surface area contributed by atoms with E-state index >= 15 is 0 Å². The predicted molar refractivity (Wildman–Crippen MR) is 85.1 cm³/mol. The second kappa shape index (κ2) is 6.74. The highest BCUT2D eigenvalue weighted by atomic mass is 16.4. The molecule has 0 spiro atoms. The van der Waals surface area contributed by atoms with Crippen molar-refractivity contribution in [3.63, 3.8) is 0 Å². The largest absolute Gasteiger partial charge is 0.466 e. The molecular weight excluding hydrogens is 310 g/mol. The highest BCUT2D eigenvalue weighted by molar-refractivity contribution is 5.75. The molecule has 0 saturated heterocycles. The summed E-state index contributed by atoms with van der Waals surface area (Å²) in [5.74, 6) is 3.80. The number of rotatable bonds is 6. The summed E-state index contributed by atoms with van der Waals surface area (Å²) in [7, 11) is 0. The first-order valence-corrected chi connectivity index (χ1v) is 7.73. The third kappa shape index (κ3) is 3.73. The van der Waals surface area contributed by atoms with Gasteiger partial charge < -0.3 is 18.6 Å². The first-order valence-electron chi connectivity index (χ1n) is 7.73. The van der Waals surface area contributed by atoms with Crippen molar-refractivity contribution in [2.24, 2.45) is 0 Å². The zero-order valence-corrected chi connectivity index (χ0v) is 13.9. The van der Waals surface area contributed by atoms with E-state index in [4.69, 9.17) is 13.3 Å². The molecule has 0 fully saturated rings. The standard InChI is InChI=1S/C17H19N3O4/c1-10-4-5-13(23-10)9-18-15(21)6-7-16-19-20-17(24-16)14-8-11(2)22-12(14)3/h4-5,8H,6-7,9H2,1-3H3,(H,18,21). The monoisotopic (exact) mass is 329 g/mol. The lowest BCUT2D eigenvalue weighted by molar-refractivity contribution is -0.121. The number of amides is 1. The number of nitrogens with zero attached hydrogens (tertiary/aromatic N) is 2. The lowest BCUT2D eigenvalue weighted by Gasteiger charge is -2.01. The number of aryl methyl sites for hydroxylation is 4. The number of hydrogen-bond acceptors (Lipinski definition) is 6. The SMILES string of the molecule is Cc1ccc(CNC(=O)CCc2nnc(-c3cc(C)oc3C)o2)o1. The second-order valence-corrected chi connectivity index (χ2v) is 5.62. The van der Waals surface area contributed by atoms with Crippen molar-refractivity contribution in [3.05, 3.63) is 47.1 Å². The van der Waals surface area contributed by atoms with E-state index in [0.29, 0.717) is 24.7 Å². The van der Waals surface area contributed by atoms with Crippen LogP contribution in [0.5, 0.6) is 0 Å². The molecule has 3 aromatic heterocycles. The molecule has 3 rings (SSSR count). The number of nitrogens with one attached hydrogen (secondary N) is 1. The molecular formula is C17H19N3O4. The Kier molecular flexibility index (Phi) is 4.50. The molecule has 126 valence electrons. The van der Waals surface area contributed by atoms with Gasteiger partial charge in [0, 0.05) is 12.8 Å². The summed E-state index contributed by atoms with van der Waals surface area (Å²) in [4.78, 5) is 11.9. The van der Waals surface area contributed by atoms with Crippen molar-refractivity contribution in [2.45, 2.75) is 40.2 Å². The highest BCUT2D eigenvalue weighted by Gasteiger charge is 2.15. The van der Waals surface area contributed by atoms with E-state index in [9.17, 15) is 4.79 Å². The topological polar surface area (TPSA) is 94.3 Å². The maximum Gasteiger partial charge on any atom is 0.251 e. The Bertz CT molecular complexity index is 844. The van der Waals surface area contributed by atoms with Gasteiger partial charge in [0.15, 0.2) is 0 Å². The van der Waals surface area contributed by atoms with Gasteiger partial charge in [-0.3, -0.25) is 4.79 Å². The molecule has 0 aromatic carbocycles. The summed E-state index contributed by atoms with van der Waals surface area (Å²) in [6, 6.07) is 5.56. The molecule has 3 aromatic rings.